The van der Waals surface area contributed by atoms with E-state index in [2.05, 4.69) is 0 Å². The van der Waals surface area contributed by atoms with Gasteiger partial charge in [-0.3, -0.25) is 10.1 Å². The lowest BCUT2D eigenvalue weighted by atomic mass is 10.2. The molecule has 0 saturated carbocycles. The first-order valence-electron chi connectivity index (χ1n) is 6.27. The van der Waals surface area contributed by atoms with Crippen LogP contribution in [0.5, 0.6) is 5.75 Å². The summed E-state index contributed by atoms with van der Waals surface area (Å²) in [5, 5.41) is 21.2. The number of non-ortho nitro benzene ring substituents is 1. The summed E-state index contributed by atoms with van der Waals surface area (Å²) in [4.78, 5) is 9.84. The monoisotopic (exact) mass is 319 g/mol. The van der Waals surface area contributed by atoms with Crippen LogP contribution in [0.3, 0.4) is 0 Å². The molecule has 0 fully saturated rings. The molecule has 0 aliphatic rings. The Hall–Kier alpha value is -2.67. The topological polar surface area (TPSA) is 97.5 Å². The van der Waals surface area contributed by atoms with Gasteiger partial charge < -0.3 is 5.11 Å². The average Bonchev–Trinajstić information content (AvgIpc) is 2.48. The average molecular weight is 319 g/mol. The van der Waals surface area contributed by atoms with Crippen molar-refractivity contribution in [2.75, 3.05) is 0 Å². The number of rotatable bonds is 4. The number of phenolic OH excluding ortho intramolecular Hbond substituents is 1. The maximum absolute atomic E-state index is 12.2. The first-order chi connectivity index (χ1) is 10.3. The van der Waals surface area contributed by atoms with E-state index >= 15 is 0 Å². The van der Waals surface area contributed by atoms with E-state index in [9.17, 15) is 23.6 Å². The fraction of sp³-hybridized carbons (Fsp3) is 0.0667. The van der Waals surface area contributed by atoms with Crippen LogP contribution >= 0.6 is 0 Å². The molecule has 2 aromatic carbocycles. The molecule has 0 atom stereocenters. The van der Waals surface area contributed by atoms with Crippen molar-refractivity contribution < 1.29 is 18.4 Å². The van der Waals surface area contributed by atoms with Crippen molar-refractivity contribution in [2.45, 2.75) is 11.8 Å². The molecule has 0 spiro atoms. The summed E-state index contributed by atoms with van der Waals surface area (Å²) in [5.74, 6) is -0.320. The van der Waals surface area contributed by atoms with E-state index in [-0.39, 0.29) is 16.3 Å². The van der Waals surface area contributed by atoms with Gasteiger partial charge in [-0.2, -0.15) is 0 Å². The van der Waals surface area contributed by atoms with E-state index in [0.29, 0.717) is 11.1 Å². The molecule has 2 rings (SSSR count). The van der Waals surface area contributed by atoms with Crippen molar-refractivity contribution in [3.63, 3.8) is 0 Å². The summed E-state index contributed by atoms with van der Waals surface area (Å²) in [6, 6.07) is 9.77. The second kappa shape index (κ2) is 5.98. The number of aryl methyl sites for hydroxylation is 1. The van der Waals surface area contributed by atoms with Crippen LogP contribution in [0.1, 0.15) is 11.1 Å². The van der Waals surface area contributed by atoms with Gasteiger partial charge in [0.25, 0.3) is 5.69 Å². The van der Waals surface area contributed by atoms with Gasteiger partial charge in [0.2, 0.25) is 9.84 Å². The van der Waals surface area contributed by atoms with Crippen LogP contribution in [-0.4, -0.2) is 18.4 Å². The largest absolute Gasteiger partial charge is 0.507 e. The Balaban J connectivity index is 2.31. The van der Waals surface area contributed by atoms with Gasteiger partial charge in [-0.1, -0.05) is 6.07 Å². The zero-order chi connectivity index (χ0) is 16.3. The number of phenols is 1. The van der Waals surface area contributed by atoms with Gasteiger partial charge in [-0.25, -0.2) is 8.42 Å². The van der Waals surface area contributed by atoms with Gasteiger partial charge in [0, 0.05) is 17.5 Å². The van der Waals surface area contributed by atoms with Crippen LogP contribution in [0.15, 0.2) is 52.8 Å². The summed E-state index contributed by atoms with van der Waals surface area (Å²) in [7, 11) is -3.80. The molecule has 0 heterocycles. The Morgan fingerprint density at radius 3 is 2.36 bits per heavy atom. The van der Waals surface area contributed by atoms with Gasteiger partial charge in [-0.05, 0) is 48.4 Å². The molecule has 6 nitrogen and oxygen atoms in total. The minimum Gasteiger partial charge on any atom is -0.507 e. The highest BCUT2D eigenvalue weighted by atomic mass is 32.2. The zero-order valence-corrected chi connectivity index (χ0v) is 12.4. The molecule has 0 saturated heterocycles. The van der Waals surface area contributed by atoms with Crippen molar-refractivity contribution in [1.29, 1.82) is 0 Å². The molecule has 1 N–H and O–H groups in total. The Morgan fingerprint density at radius 1 is 1.14 bits per heavy atom. The predicted octanol–water partition coefficient (Wildman–Crippen LogP) is 3.05. The first kappa shape index (κ1) is 15.7. The van der Waals surface area contributed by atoms with Crippen LogP contribution < -0.4 is 0 Å². The Morgan fingerprint density at radius 2 is 1.77 bits per heavy atom. The normalized spacial score (nSPS) is 11.7. The lowest BCUT2D eigenvalue weighted by Gasteiger charge is -2.04. The molecule has 7 heteroatoms. The Labute approximate surface area is 127 Å². The smallest absolute Gasteiger partial charge is 0.269 e. The van der Waals surface area contributed by atoms with E-state index in [1.165, 1.54) is 42.5 Å². The van der Waals surface area contributed by atoms with Gasteiger partial charge in [0.05, 0.1) is 4.92 Å². The summed E-state index contributed by atoms with van der Waals surface area (Å²) in [6.07, 6.45) is 1.32. The summed E-state index contributed by atoms with van der Waals surface area (Å²) < 4.78 is 24.4. The highest BCUT2D eigenvalue weighted by Gasteiger charge is 2.15. The number of hydrogen-bond donors (Lipinski definition) is 1. The third-order valence-electron chi connectivity index (χ3n) is 2.97. The molecule has 114 valence electrons. The van der Waals surface area contributed by atoms with Gasteiger partial charge in [0.15, 0.2) is 0 Å². The van der Waals surface area contributed by atoms with Crippen LogP contribution in [-0.2, 0) is 9.84 Å². The molecule has 0 bridgehead atoms. The van der Waals surface area contributed by atoms with E-state index in [1.807, 2.05) is 0 Å². The zero-order valence-electron chi connectivity index (χ0n) is 11.6. The van der Waals surface area contributed by atoms with E-state index in [0.717, 1.165) is 5.41 Å². The highest BCUT2D eigenvalue weighted by Crippen LogP contribution is 2.25. The van der Waals surface area contributed by atoms with E-state index in [1.54, 1.807) is 13.0 Å². The Kier molecular flexibility index (Phi) is 4.27. The maximum Gasteiger partial charge on any atom is 0.269 e. The summed E-state index contributed by atoms with van der Waals surface area (Å²) >= 11 is 0. The third-order valence-corrected chi connectivity index (χ3v) is 4.40. The molecule has 0 aliphatic carbocycles. The minimum atomic E-state index is -3.80. The number of nitro groups is 1. The van der Waals surface area contributed by atoms with E-state index < -0.39 is 14.8 Å². The van der Waals surface area contributed by atoms with Crippen LogP contribution in [0.2, 0.25) is 0 Å². The highest BCUT2D eigenvalue weighted by molar-refractivity contribution is 7.94. The van der Waals surface area contributed by atoms with E-state index in [4.69, 9.17) is 0 Å². The lowest BCUT2D eigenvalue weighted by molar-refractivity contribution is -0.384. The second-order valence-corrected chi connectivity index (χ2v) is 6.47. The number of hydrogen-bond acceptors (Lipinski definition) is 5. The molecule has 0 radical (unpaired) electrons. The molecular weight excluding hydrogens is 306 g/mol. The molecule has 0 aliphatic heterocycles. The second-order valence-electron chi connectivity index (χ2n) is 4.67. The third kappa shape index (κ3) is 3.50. The van der Waals surface area contributed by atoms with Gasteiger partial charge in [-0.15, -0.1) is 0 Å². The standard InChI is InChI=1S/C15H13NO5S/c1-11-2-7-14(17)15(10-11)22(20,21)9-8-12-3-5-13(6-4-12)16(18)19/h2-10,17H,1H3. The quantitative estimate of drug-likeness (QED) is 0.690. The fourth-order valence-corrected chi connectivity index (χ4v) is 2.99. The molecular formula is C15H13NO5S. The summed E-state index contributed by atoms with van der Waals surface area (Å²) in [5.41, 5.74) is 1.14. The van der Waals surface area contributed by atoms with Gasteiger partial charge in [0.1, 0.15) is 10.6 Å². The van der Waals surface area contributed by atoms with Crippen molar-refractivity contribution in [2.24, 2.45) is 0 Å². The molecule has 22 heavy (non-hydrogen) atoms. The first-order valence-corrected chi connectivity index (χ1v) is 7.81. The van der Waals surface area contributed by atoms with Crippen molar-refractivity contribution >= 4 is 21.6 Å². The fourth-order valence-electron chi connectivity index (χ4n) is 1.80. The number of sulfone groups is 1. The van der Waals surface area contributed by atoms with Crippen molar-refractivity contribution in [1.82, 2.24) is 0 Å². The lowest BCUT2D eigenvalue weighted by Crippen LogP contribution is -1.97. The number of benzene rings is 2. The minimum absolute atomic E-state index is 0.0728. The van der Waals surface area contributed by atoms with Crippen LogP contribution in [0.25, 0.3) is 6.08 Å². The molecule has 2 aromatic rings. The van der Waals surface area contributed by atoms with Crippen LogP contribution in [0.4, 0.5) is 5.69 Å². The number of nitro benzene ring substituents is 1. The van der Waals surface area contributed by atoms with Gasteiger partial charge >= 0.3 is 0 Å². The molecule has 0 unspecified atom stereocenters. The summed E-state index contributed by atoms with van der Waals surface area (Å²) in [6.45, 7) is 1.72. The molecule has 0 amide bonds. The SMILES string of the molecule is Cc1ccc(O)c(S(=O)(=O)C=Cc2ccc([N+](=O)[O-])cc2)c1. The maximum atomic E-state index is 12.2. The Bertz CT molecular complexity index is 839. The van der Waals surface area contributed by atoms with Crippen LogP contribution in [0, 0.1) is 17.0 Å². The van der Waals surface area contributed by atoms with Crippen molar-refractivity contribution in [3.8, 4) is 5.75 Å². The predicted molar refractivity (Wildman–Crippen MR) is 82.2 cm³/mol. The van der Waals surface area contributed by atoms with Crippen molar-refractivity contribution in [3.05, 3.63) is 69.1 Å². The molecule has 0 aromatic heterocycles. The number of aromatic hydroxyl groups is 1. The number of nitrogens with zero attached hydrogens (tertiary/aromatic N) is 1.